The molecule has 5 heteroatoms. The summed E-state index contributed by atoms with van der Waals surface area (Å²) < 4.78 is 10.8. The van der Waals surface area contributed by atoms with Crippen LogP contribution in [0, 0.1) is 29.1 Å². The summed E-state index contributed by atoms with van der Waals surface area (Å²) in [5.41, 5.74) is 0.230. The van der Waals surface area contributed by atoms with Crippen LogP contribution >= 0.6 is 0 Å². The Labute approximate surface area is 157 Å². The Bertz CT molecular complexity index is 481. The zero-order chi connectivity index (χ0) is 18.7. The second-order valence-corrected chi connectivity index (χ2v) is 9.62. The lowest BCUT2D eigenvalue weighted by Gasteiger charge is -2.56. The molecule has 148 valence electrons. The smallest absolute Gasteiger partial charge is 0.307 e. The molecule has 4 aliphatic carbocycles. The average molecular weight is 366 g/mol. The molecule has 4 saturated carbocycles. The minimum Gasteiger partial charge on any atom is -0.465 e. The second kappa shape index (κ2) is 8.28. The molecule has 4 bridgehead atoms. The van der Waals surface area contributed by atoms with Crippen molar-refractivity contribution in [1.82, 2.24) is 4.90 Å². The van der Waals surface area contributed by atoms with E-state index in [0.29, 0.717) is 32.6 Å². The number of carbonyl (C=O) groups excluding carboxylic acids is 2. The monoisotopic (exact) mass is 365 g/mol. The standard InChI is InChI=1S/C21H35NO4/c1-15(13-25-19(23)4-5-22(2)3)14-26-20(24)12-21-9-16-6-17(10-21)8-18(7-16)11-21/h15-18H,4-14H2,1-3H3. The SMILES string of the molecule is CC(COC(=O)CCN(C)C)COC(=O)CC12CC3CC(CC(C3)C1)C2. The Hall–Kier alpha value is -1.10. The van der Waals surface area contributed by atoms with Crippen LogP contribution in [0.2, 0.25) is 0 Å². The van der Waals surface area contributed by atoms with E-state index < -0.39 is 0 Å². The van der Waals surface area contributed by atoms with Crippen molar-refractivity contribution in [2.24, 2.45) is 29.1 Å². The largest absolute Gasteiger partial charge is 0.465 e. The van der Waals surface area contributed by atoms with Crippen molar-refractivity contribution in [1.29, 1.82) is 0 Å². The number of nitrogens with zero attached hydrogens (tertiary/aromatic N) is 1. The van der Waals surface area contributed by atoms with Gasteiger partial charge in [-0.2, -0.15) is 0 Å². The lowest BCUT2D eigenvalue weighted by Crippen LogP contribution is -2.47. The Kier molecular flexibility index (Phi) is 6.26. The molecule has 4 fully saturated rings. The van der Waals surface area contributed by atoms with E-state index in [1.165, 1.54) is 38.5 Å². The van der Waals surface area contributed by atoms with Gasteiger partial charge in [-0.1, -0.05) is 6.92 Å². The molecule has 4 rings (SSSR count). The molecule has 0 aliphatic heterocycles. The quantitative estimate of drug-likeness (QED) is 0.587. The van der Waals surface area contributed by atoms with Gasteiger partial charge in [0.05, 0.1) is 26.1 Å². The van der Waals surface area contributed by atoms with Crippen LogP contribution in [0.15, 0.2) is 0 Å². The van der Waals surface area contributed by atoms with Crippen molar-refractivity contribution in [3.63, 3.8) is 0 Å². The van der Waals surface area contributed by atoms with Crippen LogP contribution in [0.3, 0.4) is 0 Å². The van der Waals surface area contributed by atoms with Gasteiger partial charge in [-0.25, -0.2) is 0 Å². The van der Waals surface area contributed by atoms with Gasteiger partial charge in [0.25, 0.3) is 0 Å². The van der Waals surface area contributed by atoms with Gasteiger partial charge < -0.3 is 14.4 Å². The van der Waals surface area contributed by atoms with Gasteiger partial charge in [0.2, 0.25) is 0 Å². The van der Waals surface area contributed by atoms with Crippen LogP contribution in [0.4, 0.5) is 0 Å². The van der Waals surface area contributed by atoms with E-state index in [2.05, 4.69) is 0 Å². The van der Waals surface area contributed by atoms with Crippen LogP contribution in [0.25, 0.3) is 0 Å². The Balaban J connectivity index is 1.34. The van der Waals surface area contributed by atoms with Gasteiger partial charge in [0.15, 0.2) is 0 Å². The molecule has 1 unspecified atom stereocenters. The predicted molar refractivity (Wildman–Crippen MR) is 99.5 cm³/mol. The fraction of sp³-hybridized carbons (Fsp3) is 0.905. The molecule has 1 atom stereocenters. The molecular weight excluding hydrogens is 330 g/mol. The van der Waals surface area contributed by atoms with E-state index in [9.17, 15) is 9.59 Å². The summed E-state index contributed by atoms with van der Waals surface area (Å²) in [5, 5.41) is 0. The fourth-order valence-corrected chi connectivity index (χ4v) is 5.77. The summed E-state index contributed by atoms with van der Waals surface area (Å²) in [6.07, 6.45) is 8.85. The molecule has 5 nitrogen and oxygen atoms in total. The van der Waals surface area contributed by atoms with Crippen molar-refractivity contribution >= 4 is 11.9 Å². The van der Waals surface area contributed by atoms with Crippen molar-refractivity contribution in [2.75, 3.05) is 33.9 Å². The van der Waals surface area contributed by atoms with Gasteiger partial charge in [-0.05, 0) is 75.8 Å². The normalized spacial score (nSPS) is 33.3. The average Bonchev–Trinajstić information content (AvgIpc) is 2.54. The zero-order valence-electron chi connectivity index (χ0n) is 16.7. The maximum atomic E-state index is 12.4. The summed E-state index contributed by atoms with van der Waals surface area (Å²) in [4.78, 5) is 26.0. The lowest BCUT2D eigenvalue weighted by molar-refractivity contribution is -0.154. The molecule has 0 N–H and O–H groups in total. The first-order chi connectivity index (χ1) is 12.3. The second-order valence-electron chi connectivity index (χ2n) is 9.62. The van der Waals surface area contributed by atoms with Gasteiger partial charge >= 0.3 is 11.9 Å². The van der Waals surface area contributed by atoms with Crippen LogP contribution in [-0.2, 0) is 19.1 Å². The topological polar surface area (TPSA) is 55.8 Å². The molecule has 0 aromatic rings. The van der Waals surface area contributed by atoms with Gasteiger partial charge in [0, 0.05) is 12.5 Å². The number of hydrogen-bond acceptors (Lipinski definition) is 5. The van der Waals surface area contributed by atoms with Crippen LogP contribution < -0.4 is 0 Å². The maximum Gasteiger partial charge on any atom is 0.307 e. The first-order valence-corrected chi connectivity index (χ1v) is 10.3. The number of ether oxygens (including phenoxy) is 2. The van der Waals surface area contributed by atoms with Gasteiger partial charge in [0.1, 0.15) is 0 Å². The maximum absolute atomic E-state index is 12.4. The van der Waals surface area contributed by atoms with E-state index in [1.807, 2.05) is 25.9 Å². The highest BCUT2D eigenvalue weighted by Gasteiger charge is 2.51. The summed E-state index contributed by atoms with van der Waals surface area (Å²) in [7, 11) is 3.86. The summed E-state index contributed by atoms with van der Waals surface area (Å²) in [6.45, 7) is 3.30. The van der Waals surface area contributed by atoms with Gasteiger partial charge in [-0.3, -0.25) is 9.59 Å². The molecule has 26 heavy (non-hydrogen) atoms. The van der Waals surface area contributed by atoms with E-state index in [4.69, 9.17) is 9.47 Å². The number of rotatable bonds is 9. The van der Waals surface area contributed by atoms with E-state index in [0.717, 1.165) is 17.8 Å². The molecule has 0 heterocycles. The Morgan fingerprint density at radius 1 is 0.962 bits per heavy atom. The highest BCUT2D eigenvalue weighted by molar-refractivity contribution is 5.70. The molecule has 0 aromatic carbocycles. The molecular formula is C21H35NO4. The molecule has 0 amide bonds. The molecule has 0 saturated heterocycles. The summed E-state index contributed by atoms with van der Waals surface area (Å²) in [6, 6.07) is 0. The molecule has 0 aromatic heterocycles. The third kappa shape index (κ3) is 5.21. The highest BCUT2D eigenvalue weighted by Crippen LogP contribution is 2.61. The first-order valence-electron chi connectivity index (χ1n) is 10.3. The number of esters is 2. The Morgan fingerprint density at radius 2 is 1.46 bits per heavy atom. The van der Waals surface area contributed by atoms with Crippen LogP contribution in [-0.4, -0.2) is 50.7 Å². The van der Waals surface area contributed by atoms with E-state index in [1.54, 1.807) is 0 Å². The summed E-state index contributed by atoms with van der Waals surface area (Å²) in [5.74, 6) is 2.36. The molecule has 4 aliphatic rings. The van der Waals surface area contributed by atoms with Gasteiger partial charge in [-0.15, -0.1) is 0 Å². The van der Waals surface area contributed by atoms with E-state index >= 15 is 0 Å². The Morgan fingerprint density at radius 3 is 1.96 bits per heavy atom. The summed E-state index contributed by atoms with van der Waals surface area (Å²) >= 11 is 0. The fourth-order valence-electron chi connectivity index (χ4n) is 5.77. The van der Waals surface area contributed by atoms with Crippen molar-refractivity contribution in [3.8, 4) is 0 Å². The van der Waals surface area contributed by atoms with Crippen LogP contribution in [0.1, 0.15) is 58.3 Å². The third-order valence-electron chi connectivity index (χ3n) is 6.51. The lowest BCUT2D eigenvalue weighted by atomic mass is 9.49. The van der Waals surface area contributed by atoms with Crippen LogP contribution in [0.5, 0.6) is 0 Å². The highest BCUT2D eigenvalue weighted by atomic mass is 16.5. The third-order valence-corrected chi connectivity index (χ3v) is 6.51. The zero-order valence-corrected chi connectivity index (χ0v) is 16.7. The minimum absolute atomic E-state index is 0.0404. The molecule has 0 radical (unpaired) electrons. The minimum atomic E-state index is -0.189. The predicted octanol–water partition coefficient (Wildman–Crippen LogP) is 3.27. The first kappa shape index (κ1) is 19.7. The number of hydrogen-bond donors (Lipinski definition) is 0. The molecule has 0 spiro atoms. The van der Waals surface area contributed by atoms with Crippen molar-refractivity contribution in [3.05, 3.63) is 0 Å². The number of carbonyl (C=O) groups is 2. The van der Waals surface area contributed by atoms with E-state index in [-0.39, 0.29) is 23.3 Å². The van der Waals surface area contributed by atoms with Crippen molar-refractivity contribution < 1.29 is 19.1 Å². The van der Waals surface area contributed by atoms with Crippen molar-refractivity contribution in [2.45, 2.75) is 58.3 Å².